The highest BCUT2D eigenvalue weighted by atomic mass is 19.3. The van der Waals surface area contributed by atoms with Gasteiger partial charge in [-0.15, -0.1) is 0 Å². The van der Waals surface area contributed by atoms with Gasteiger partial charge in [0.2, 0.25) is 6.41 Å². The number of aromatic nitrogens is 1. The van der Waals surface area contributed by atoms with Crippen LogP contribution in [0.1, 0.15) is 30.2 Å². The number of nitrogens with zero attached hydrogens (tertiary/aromatic N) is 3. The van der Waals surface area contributed by atoms with Crippen LogP contribution in [0, 0.1) is 6.92 Å². The molecular formula is C23H29F2N5O3. The van der Waals surface area contributed by atoms with Gasteiger partial charge in [0.25, 0.3) is 0 Å². The Bertz CT molecular complexity index is 942. The summed E-state index contributed by atoms with van der Waals surface area (Å²) >= 11 is 0. The van der Waals surface area contributed by atoms with E-state index in [0.29, 0.717) is 37.4 Å². The fourth-order valence-electron chi connectivity index (χ4n) is 3.80. The number of anilines is 1. The number of halogens is 2. The third kappa shape index (κ3) is 7.11. The Labute approximate surface area is 191 Å². The summed E-state index contributed by atoms with van der Waals surface area (Å²) < 4.78 is 30.6. The Hall–Kier alpha value is -3.27. The molecule has 0 saturated carbocycles. The van der Waals surface area contributed by atoms with Crippen molar-refractivity contribution in [3.05, 3.63) is 53.3 Å². The van der Waals surface area contributed by atoms with E-state index in [1.54, 1.807) is 35.4 Å². The van der Waals surface area contributed by atoms with Gasteiger partial charge in [0.15, 0.2) is 0 Å². The second kappa shape index (κ2) is 11.6. The first kappa shape index (κ1) is 24.4. The zero-order chi connectivity index (χ0) is 23.8. The molecule has 3 rings (SSSR count). The normalized spacial score (nSPS) is 16.5. The number of ether oxygens (including phenoxy) is 1. The smallest absolute Gasteiger partial charge is 0.387 e. The lowest BCUT2D eigenvalue weighted by atomic mass is 10.1. The van der Waals surface area contributed by atoms with Crippen LogP contribution in [-0.2, 0) is 17.9 Å². The Balaban J connectivity index is 1.65. The minimum atomic E-state index is -2.93. The second-order valence-electron chi connectivity index (χ2n) is 7.96. The molecule has 1 unspecified atom stereocenters. The van der Waals surface area contributed by atoms with E-state index in [1.165, 1.54) is 6.07 Å². The van der Waals surface area contributed by atoms with Gasteiger partial charge >= 0.3 is 12.6 Å². The summed E-state index contributed by atoms with van der Waals surface area (Å²) in [7, 11) is 0. The van der Waals surface area contributed by atoms with Crippen LogP contribution < -0.4 is 15.4 Å². The molecule has 3 amide bonds. The van der Waals surface area contributed by atoms with Gasteiger partial charge in [0.05, 0.1) is 11.9 Å². The van der Waals surface area contributed by atoms with E-state index in [4.69, 9.17) is 4.74 Å². The van der Waals surface area contributed by atoms with E-state index in [9.17, 15) is 18.4 Å². The Morgan fingerprint density at radius 3 is 2.79 bits per heavy atom. The van der Waals surface area contributed by atoms with E-state index < -0.39 is 12.6 Å². The Morgan fingerprint density at radius 2 is 2.12 bits per heavy atom. The maximum Gasteiger partial charge on any atom is 0.387 e. The van der Waals surface area contributed by atoms with E-state index >= 15 is 0 Å². The quantitative estimate of drug-likeness (QED) is 0.560. The summed E-state index contributed by atoms with van der Waals surface area (Å²) in [6.07, 6.45) is 3.24. The van der Waals surface area contributed by atoms with Crippen molar-refractivity contribution in [2.45, 2.75) is 46.0 Å². The largest absolute Gasteiger partial charge is 0.434 e. The van der Waals surface area contributed by atoms with Crippen LogP contribution in [0.25, 0.3) is 0 Å². The number of rotatable bonds is 9. The highest BCUT2D eigenvalue weighted by Gasteiger charge is 2.25. The molecule has 2 aromatic rings. The molecule has 0 bridgehead atoms. The average molecular weight is 462 g/mol. The van der Waals surface area contributed by atoms with Crippen LogP contribution in [0.5, 0.6) is 5.75 Å². The molecule has 2 N–H and O–H groups in total. The van der Waals surface area contributed by atoms with Crippen molar-refractivity contribution in [3.63, 3.8) is 0 Å². The minimum Gasteiger partial charge on any atom is -0.434 e. The van der Waals surface area contributed by atoms with Crippen molar-refractivity contribution < 1.29 is 23.1 Å². The number of piperazine rings is 1. The summed E-state index contributed by atoms with van der Waals surface area (Å²) in [6, 6.07) is 8.14. The van der Waals surface area contributed by atoms with Crippen LogP contribution in [-0.4, -0.2) is 59.5 Å². The molecule has 0 spiro atoms. The number of carbonyl (C=O) groups is 2. The number of benzene rings is 1. The minimum absolute atomic E-state index is 0.0838. The monoisotopic (exact) mass is 461 g/mol. The molecule has 0 aliphatic carbocycles. The number of hydrogen-bond donors (Lipinski definition) is 2. The molecule has 8 nitrogen and oxygen atoms in total. The zero-order valence-corrected chi connectivity index (χ0v) is 18.8. The van der Waals surface area contributed by atoms with E-state index in [-0.39, 0.29) is 18.3 Å². The fraction of sp³-hybridized carbons (Fsp3) is 0.435. The van der Waals surface area contributed by atoms with E-state index in [0.717, 1.165) is 24.1 Å². The molecular weight excluding hydrogens is 432 g/mol. The van der Waals surface area contributed by atoms with Crippen molar-refractivity contribution >= 4 is 18.1 Å². The van der Waals surface area contributed by atoms with Gasteiger partial charge in [-0.25, -0.2) is 4.79 Å². The SMILES string of the molecule is CCC1CN(Cc2cc(CNC(=O)Nc3ccc(C)nc3)ccc2OC(F)F)CCN1C=O. The standard InChI is InChI=1S/C23H29F2N5O3/c1-3-20-14-29(8-9-30(20)15-31)13-18-10-17(5-7-21(18)33-22(24)25)11-27-23(32)28-19-6-4-16(2)26-12-19/h4-7,10,12,15,20,22H,3,8-9,11,13-14H2,1-2H3,(H2,27,28,32). The number of amides is 3. The first-order valence-corrected chi connectivity index (χ1v) is 10.9. The van der Waals surface area contributed by atoms with Gasteiger partial charge in [-0.2, -0.15) is 8.78 Å². The number of hydrogen-bond acceptors (Lipinski definition) is 5. The second-order valence-corrected chi connectivity index (χ2v) is 7.96. The lowest BCUT2D eigenvalue weighted by molar-refractivity contribution is -0.122. The fourth-order valence-corrected chi connectivity index (χ4v) is 3.80. The molecule has 1 atom stereocenters. The van der Waals surface area contributed by atoms with Gasteiger partial charge in [-0.1, -0.05) is 13.0 Å². The number of urea groups is 1. The van der Waals surface area contributed by atoms with Crippen molar-refractivity contribution in [1.82, 2.24) is 20.1 Å². The summed E-state index contributed by atoms with van der Waals surface area (Å²) in [5.74, 6) is 0.106. The number of nitrogens with one attached hydrogen (secondary N) is 2. The van der Waals surface area contributed by atoms with Crippen LogP contribution >= 0.6 is 0 Å². The molecule has 33 heavy (non-hydrogen) atoms. The van der Waals surface area contributed by atoms with E-state index in [2.05, 4.69) is 20.5 Å². The molecule has 1 aliphatic rings. The molecule has 1 saturated heterocycles. The van der Waals surface area contributed by atoms with Gasteiger partial charge in [0, 0.05) is 50.0 Å². The highest BCUT2D eigenvalue weighted by Crippen LogP contribution is 2.25. The summed E-state index contributed by atoms with van der Waals surface area (Å²) in [4.78, 5) is 31.5. The van der Waals surface area contributed by atoms with Gasteiger partial charge < -0.3 is 20.3 Å². The average Bonchev–Trinajstić information content (AvgIpc) is 2.80. The van der Waals surface area contributed by atoms with Crippen molar-refractivity contribution in [2.24, 2.45) is 0 Å². The summed E-state index contributed by atoms with van der Waals surface area (Å²) in [5.41, 5.74) is 2.77. The molecule has 1 aromatic carbocycles. The zero-order valence-electron chi connectivity index (χ0n) is 18.8. The Morgan fingerprint density at radius 1 is 1.30 bits per heavy atom. The molecule has 10 heteroatoms. The van der Waals surface area contributed by atoms with Crippen LogP contribution in [0.3, 0.4) is 0 Å². The maximum atomic E-state index is 12.9. The topological polar surface area (TPSA) is 86.8 Å². The third-order valence-electron chi connectivity index (χ3n) is 5.58. The van der Waals surface area contributed by atoms with Crippen molar-refractivity contribution in [3.8, 4) is 5.75 Å². The van der Waals surface area contributed by atoms with Crippen molar-refractivity contribution in [1.29, 1.82) is 0 Å². The highest BCUT2D eigenvalue weighted by molar-refractivity contribution is 5.88. The Kier molecular flexibility index (Phi) is 8.53. The lowest BCUT2D eigenvalue weighted by Crippen LogP contribution is -2.51. The molecule has 0 radical (unpaired) electrons. The number of alkyl halides is 2. The predicted octanol–water partition coefficient (Wildman–Crippen LogP) is 3.37. The lowest BCUT2D eigenvalue weighted by Gasteiger charge is -2.39. The number of pyridine rings is 1. The van der Waals surface area contributed by atoms with E-state index in [1.807, 2.05) is 13.8 Å². The van der Waals surface area contributed by atoms with Crippen molar-refractivity contribution in [2.75, 3.05) is 25.0 Å². The maximum absolute atomic E-state index is 12.9. The van der Waals surface area contributed by atoms with Gasteiger partial charge in [-0.05, 0) is 43.2 Å². The molecule has 1 aliphatic heterocycles. The first-order valence-electron chi connectivity index (χ1n) is 10.9. The van der Waals surface area contributed by atoms with Crippen LogP contribution in [0.15, 0.2) is 36.5 Å². The van der Waals surface area contributed by atoms with Crippen LogP contribution in [0.2, 0.25) is 0 Å². The number of carbonyl (C=O) groups excluding carboxylic acids is 2. The summed E-state index contributed by atoms with van der Waals surface area (Å²) in [5, 5.41) is 5.46. The number of aryl methyl sites for hydroxylation is 1. The molecule has 1 fully saturated rings. The van der Waals surface area contributed by atoms with Gasteiger partial charge in [-0.3, -0.25) is 14.7 Å². The summed E-state index contributed by atoms with van der Waals surface area (Å²) in [6.45, 7) is 3.43. The first-order chi connectivity index (χ1) is 15.9. The third-order valence-corrected chi connectivity index (χ3v) is 5.58. The predicted molar refractivity (Wildman–Crippen MR) is 120 cm³/mol. The van der Waals surface area contributed by atoms with Gasteiger partial charge in [0.1, 0.15) is 5.75 Å². The molecule has 178 valence electrons. The molecule has 2 heterocycles. The molecule has 1 aromatic heterocycles. The van der Waals surface area contributed by atoms with Crippen LogP contribution in [0.4, 0.5) is 19.3 Å².